The highest BCUT2D eigenvalue weighted by Gasteiger charge is 2.50. The Morgan fingerprint density at radius 3 is 1.93 bits per heavy atom. The van der Waals surface area contributed by atoms with Crippen LogP contribution in [0.15, 0.2) is 12.2 Å². The van der Waals surface area contributed by atoms with Gasteiger partial charge in [0, 0.05) is 0 Å². The standard InChI is InChI=1S/C10H18N2O2/c1-6-7-8(11)12-13-9(2,3)10(4,5)14-12/h6-7,11H,1-5H3/b7-6-,11-8?. The van der Waals surface area contributed by atoms with E-state index < -0.39 is 11.2 Å². The average molecular weight is 198 g/mol. The Morgan fingerprint density at radius 1 is 1.14 bits per heavy atom. The molecule has 0 spiro atoms. The first-order valence-corrected chi connectivity index (χ1v) is 4.70. The van der Waals surface area contributed by atoms with Crippen molar-refractivity contribution in [3.05, 3.63) is 12.2 Å². The van der Waals surface area contributed by atoms with Crippen LogP contribution in [0.1, 0.15) is 34.6 Å². The number of nitrogens with zero attached hydrogens (tertiary/aromatic N) is 1. The van der Waals surface area contributed by atoms with Crippen molar-refractivity contribution in [2.24, 2.45) is 0 Å². The highest BCUT2D eigenvalue weighted by molar-refractivity contribution is 5.88. The van der Waals surface area contributed by atoms with Gasteiger partial charge in [0.15, 0.2) is 5.84 Å². The maximum atomic E-state index is 7.63. The third-order valence-electron chi connectivity index (χ3n) is 2.59. The summed E-state index contributed by atoms with van der Waals surface area (Å²) in [6, 6.07) is 0. The molecule has 0 bridgehead atoms. The molecule has 80 valence electrons. The monoisotopic (exact) mass is 198 g/mol. The van der Waals surface area contributed by atoms with Gasteiger partial charge in [-0.2, -0.15) is 0 Å². The second-order valence-electron chi connectivity index (χ2n) is 4.35. The zero-order valence-electron chi connectivity index (χ0n) is 9.42. The second kappa shape index (κ2) is 3.37. The zero-order chi connectivity index (χ0) is 11.0. The Kier molecular flexibility index (Phi) is 2.69. The van der Waals surface area contributed by atoms with E-state index >= 15 is 0 Å². The predicted octanol–water partition coefficient (Wildman–Crippen LogP) is 2.28. The first kappa shape index (κ1) is 11.2. The third kappa shape index (κ3) is 1.81. The number of allylic oxidation sites excluding steroid dienone is 1. The van der Waals surface area contributed by atoms with Gasteiger partial charge in [-0.15, -0.1) is 5.23 Å². The molecule has 0 radical (unpaired) electrons. The van der Waals surface area contributed by atoms with Gasteiger partial charge in [-0.05, 0) is 40.7 Å². The lowest BCUT2D eigenvalue weighted by Crippen LogP contribution is -2.41. The van der Waals surface area contributed by atoms with E-state index in [2.05, 4.69) is 0 Å². The first-order valence-electron chi connectivity index (χ1n) is 4.70. The number of hydrogen-bond acceptors (Lipinski definition) is 3. The van der Waals surface area contributed by atoms with Gasteiger partial charge in [0.2, 0.25) is 0 Å². The molecule has 1 rings (SSSR count). The lowest BCUT2D eigenvalue weighted by atomic mass is 9.90. The van der Waals surface area contributed by atoms with Crippen LogP contribution in [0.25, 0.3) is 0 Å². The summed E-state index contributed by atoms with van der Waals surface area (Å²) in [5.74, 6) is 0.200. The first-order chi connectivity index (χ1) is 6.30. The summed E-state index contributed by atoms with van der Waals surface area (Å²) < 4.78 is 0. The minimum atomic E-state index is -0.430. The van der Waals surface area contributed by atoms with Crippen molar-refractivity contribution < 1.29 is 9.68 Å². The van der Waals surface area contributed by atoms with E-state index in [4.69, 9.17) is 15.1 Å². The van der Waals surface area contributed by atoms with Crippen molar-refractivity contribution in [2.75, 3.05) is 0 Å². The SMILES string of the molecule is C/C=C\C(=N)N1OC(C)(C)C(C)(C)O1. The van der Waals surface area contributed by atoms with E-state index in [1.54, 1.807) is 12.2 Å². The van der Waals surface area contributed by atoms with Crippen LogP contribution in [-0.4, -0.2) is 22.3 Å². The molecule has 1 aliphatic rings. The van der Waals surface area contributed by atoms with Crippen molar-refractivity contribution in [3.8, 4) is 0 Å². The van der Waals surface area contributed by atoms with Crippen molar-refractivity contribution in [1.29, 1.82) is 5.41 Å². The Labute approximate surface area is 84.9 Å². The van der Waals surface area contributed by atoms with Gasteiger partial charge in [0.1, 0.15) is 11.2 Å². The van der Waals surface area contributed by atoms with Crippen LogP contribution in [0.3, 0.4) is 0 Å². The van der Waals surface area contributed by atoms with E-state index in [0.29, 0.717) is 0 Å². The van der Waals surface area contributed by atoms with Gasteiger partial charge in [-0.3, -0.25) is 5.41 Å². The van der Waals surface area contributed by atoms with Gasteiger partial charge in [0.25, 0.3) is 0 Å². The Bertz CT molecular complexity index is 253. The van der Waals surface area contributed by atoms with Gasteiger partial charge < -0.3 is 0 Å². The number of amidine groups is 1. The molecule has 0 aromatic carbocycles. The summed E-state index contributed by atoms with van der Waals surface area (Å²) in [5, 5.41) is 8.80. The van der Waals surface area contributed by atoms with Crippen molar-refractivity contribution >= 4 is 5.84 Å². The highest BCUT2D eigenvalue weighted by atomic mass is 17.0. The number of rotatable bonds is 1. The zero-order valence-corrected chi connectivity index (χ0v) is 9.42. The van der Waals surface area contributed by atoms with Crippen LogP contribution in [0.4, 0.5) is 0 Å². The lowest BCUT2D eigenvalue weighted by molar-refractivity contribution is -0.271. The van der Waals surface area contributed by atoms with E-state index in [0.717, 1.165) is 0 Å². The summed E-state index contributed by atoms with van der Waals surface area (Å²) >= 11 is 0. The fraction of sp³-hybridized carbons (Fsp3) is 0.700. The van der Waals surface area contributed by atoms with Crippen molar-refractivity contribution in [3.63, 3.8) is 0 Å². The van der Waals surface area contributed by atoms with Gasteiger partial charge in [-0.1, -0.05) is 6.08 Å². The van der Waals surface area contributed by atoms with Crippen LogP contribution in [0.5, 0.6) is 0 Å². The minimum absolute atomic E-state index is 0.200. The van der Waals surface area contributed by atoms with E-state index in [1.807, 2.05) is 34.6 Å². The molecule has 0 aliphatic carbocycles. The molecular formula is C10H18N2O2. The third-order valence-corrected chi connectivity index (χ3v) is 2.59. The summed E-state index contributed by atoms with van der Waals surface area (Å²) in [4.78, 5) is 11.0. The maximum Gasteiger partial charge on any atom is 0.175 e. The maximum absolute atomic E-state index is 7.63. The molecule has 1 heterocycles. The number of hydrogen-bond donors (Lipinski definition) is 1. The molecule has 0 saturated carbocycles. The largest absolute Gasteiger partial charge is 0.281 e. The van der Waals surface area contributed by atoms with Crippen LogP contribution in [0.2, 0.25) is 0 Å². The number of nitrogens with one attached hydrogen (secondary N) is 1. The summed E-state index contributed by atoms with van der Waals surface area (Å²) in [7, 11) is 0. The van der Waals surface area contributed by atoms with Crippen LogP contribution in [-0.2, 0) is 9.68 Å². The van der Waals surface area contributed by atoms with Gasteiger partial charge in [-0.25, -0.2) is 9.68 Å². The Balaban J connectivity index is 2.78. The molecule has 1 fully saturated rings. The van der Waals surface area contributed by atoms with E-state index in [-0.39, 0.29) is 5.84 Å². The molecule has 1 N–H and O–H groups in total. The predicted molar refractivity (Wildman–Crippen MR) is 54.7 cm³/mol. The highest BCUT2D eigenvalue weighted by Crippen LogP contribution is 2.37. The number of hydroxylamine groups is 2. The van der Waals surface area contributed by atoms with Crippen molar-refractivity contribution in [2.45, 2.75) is 45.8 Å². The molecule has 0 aromatic rings. The van der Waals surface area contributed by atoms with Gasteiger partial charge >= 0.3 is 0 Å². The van der Waals surface area contributed by atoms with Crippen molar-refractivity contribution in [1.82, 2.24) is 5.23 Å². The Hall–Kier alpha value is -0.870. The lowest BCUT2D eigenvalue weighted by Gasteiger charge is -2.26. The topological polar surface area (TPSA) is 45.6 Å². The van der Waals surface area contributed by atoms with Crippen LogP contribution >= 0.6 is 0 Å². The summed E-state index contributed by atoms with van der Waals surface area (Å²) in [6.45, 7) is 9.61. The summed E-state index contributed by atoms with van der Waals surface area (Å²) in [5.41, 5.74) is -0.859. The second-order valence-corrected chi connectivity index (χ2v) is 4.35. The van der Waals surface area contributed by atoms with E-state index in [9.17, 15) is 0 Å². The molecule has 1 saturated heterocycles. The molecule has 14 heavy (non-hydrogen) atoms. The minimum Gasteiger partial charge on any atom is -0.281 e. The van der Waals surface area contributed by atoms with Crippen LogP contribution in [0, 0.1) is 5.41 Å². The molecule has 0 unspecified atom stereocenters. The Morgan fingerprint density at radius 2 is 1.57 bits per heavy atom. The fourth-order valence-electron chi connectivity index (χ4n) is 0.970. The molecule has 1 aliphatic heterocycles. The summed E-state index contributed by atoms with van der Waals surface area (Å²) in [6.07, 6.45) is 3.39. The normalized spacial score (nSPS) is 24.5. The fourth-order valence-corrected chi connectivity index (χ4v) is 0.970. The molecule has 4 nitrogen and oxygen atoms in total. The van der Waals surface area contributed by atoms with E-state index in [1.165, 1.54) is 5.23 Å². The quantitative estimate of drug-likeness (QED) is 0.519. The molecule has 4 heteroatoms. The molecule has 0 atom stereocenters. The molecular weight excluding hydrogens is 180 g/mol. The molecule has 0 amide bonds. The smallest absolute Gasteiger partial charge is 0.175 e. The molecule has 0 aromatic heterocycles. The van der Waals surface area contributed by atoms with Gasteiger partial charge in [0.05, 0.1) is 0 Å². The average Bonchev–Trinajstić information content (AvgIpc) is 2.22. The van der Waals surface area contributed by atoms with Crippen LogP contribution < -0.4 is 0 Å².